The molecule has 0 aliphatic heterocycles. The third-order valence-electron chi connectivity index (χ3n) is 4.04. The van der Waals surface area contributed by atoms with E-state index in [-0.39, 0.29) is 23.2 Å². The molecule has 0 fully saturated rings. The number of aromatic nitrogens is 1. The Morgan fingerprint density at radius 1 is 1.21 bits per heavy atom. The fourth-order valence-corrected chi connectivity index (χ4v) is 3.00. The second kappa shape index (κ2) is 10.4. The molecule has 2 amide bonds. The zero-order valence-corrected chi connectivity index (χ0v) is 16.4. The van der Waals surface area contributed by atoms with E-state index in [1.54, 1.807) is 24.0 Å². The van der Waals surface area contributed by atoms with Crippen LogP contribution in [0.4, 0.5) is 5.69 Å². The molecule has 28 heavy (non-hydrogen) atoms. The molecule has 0 aliphatic carbocycles. The number of carbonyl (C=O) groups excluding carboxylic acids is 2. The van der Waals surface area contributed by atoms with E-state index in [9.17, 15) is 19.7 Å². The number of hydrogen-bond donors (Lipinski definition) is 2. The van der Waals surface area contributed by atoms with Crippen LogP contribution in [-0.2, 0) is 4.79 Å². The van der Waals surface area contributed by atoms with Crippen LogP contribution in [0.15, 0.2) is 48.7 Å². The minimum atomic E-state index is -0.759. The van der Waals surface area contributed by atoms with Gasteiger partial charge in [-0.25, -0.2) is 0 Å². The SMILES string of the molecule is CSCCC(NC(=O)c1cccc([N+](=O)[O-])c1)C(=O)NC(C)c1ccccn1. The summed E-state index contributed by atoms with van der Waals surface area (Å²) in [7, 11) is 0. The highest BCUT2D eigenvalue weighted by molar-refractivity contribution is 7.98. The Labute approximate surface area is 167 Å². The van der Waals surface area contributed by atoms with E-state index in [0.717, 1.165) is 0 Å². The Morgan fingerprint density at radius 2 is 2.00 bits per heavy atom. The number of nitrogens with one attached hydrogen (secondary N) is 2. The molecule has 2 unspecified atom stereocenters. The van der Waals surface area contributed by atoms with Gasteiger partial charge in [0.05, 0.1) is 16.7 Å². The summed E-state index contributed by atoms with van der Waals surface area (Å²) in [5.74, 6) is -0.188. The van der Waals surface area contributed by atoms with Crippen molar-refractivity contribution in [1.29, 1.82) is 0 Å². The van der Waals surface area contributed by atoms with Crippen molar-refractivity contribution in [1.82, 2.24) is 15.6 Å². The predicted molar refractivity (Wildman–Crippen MR) is 108 cm³/mol. The van der Waals surface area contributed by atoms with Gasteiger partial charge >= 0.3 is 0 Å². The molecule has 9 heteroatoms. The molecule has 2 N–H and O–H groups in total. The molecular formula is C19H22N4O4S. The van der Waals surface area contributed by atoms with E-state index in [1.807, 2.05) is 25.3 Å². The summed E-state index contributed by atoms with van der Waals surface area (Å²) >= 11 is 1.56. The molecule has 0 radical (unpaired) electrons. The molecule has 148 valence electrons. The van der Waals surface area contributed by atoms with E-state index in [2.05, 4.69) is 15.6 Å². The van der Waals surface area contributed by atoms with Crippen molar-refractivity contribution in [2.75, 3.05) is 12.0 Å². The third kappa shape index (κ3) is 6.05. The molecule has 8 nitrogen and oxygen atoms in total. The normalized spacial score (nSPS) is 12.6. The van der Waals surface area contributed by atoms with Crippen LogP contribution in [0, 0.1) is 10.1 Å². The monoisotopic (exact) mass is 402 g/mol. The smallest absolute Gasteiger partial charge is 0.270 e. The third-order valence-corrected chi connectivity index (χ3v) is 4.69. The molecule has 0 aliphatic rings. The van der Waals surface area contributed by atoms with Crippen molar-refractivity contribution < 1.29 is 14.5 Å². The summed E-state index contributed by atoms with van der Waals surface area (Å²) in [5.41, 5.74) is 0.667. The summed E-state index contributed by atoms with van der Waals surface area (Å²) in [4.78, 5) is 39.8. The Hall–Kier alpha value is -2.94. The molecule has 2 aromatic rings. The Morgan fingerprint density at radius 3 is 2.64 bits per heavy atom. The van der Waals surface area contributed by atoms with Gasteiger partial charge in [-0.3, -0.25) is 24.7 Å². The number of benzene rings is 1. The number of nitro groups is 1. The van der Waals surface area contributed by atoms with Gasteiger partial charge in [-0.05, 0) is 43.6 Å². The number of amides is 2. The number of thioether (sulfide) groups is 1. The minimum Gasteiger partial charge on any atom is -0.346 e. The lowest BCUT2D eigenvalue weighted by Gasteiger charge is -2.21. The first-order valence-electron chi connectivity index (χ1n) is 8.68. The number of rotatable bonds is 9. The summed E-state index contributed by atoms with van der Waals surface area (Å²) in [5, 5.41) is 16.4. The number of carbonyl (C=O) groups is 2. The van der Waals surface area contributed by atoms with Gasteiger partial charge < -0.3 is 10.6 Å². The standard InChI is InChI=1S/C19H22N4O4S/c1-13(16-8-3-4-10-20-16)21-19(25)17(9-11-28-2)22-18(24)14-6-5-7-15(12-14)23(26)27/h3-8,10,12-13,17H,9,11H2,1-2H3,(H,21,25)(H,22,24). The lowest BCUT2D eigenvalue weighted by atomic mass is 10.1. The van der Waals surface area contributed by atoms with Crippen LogP contribution in [0.1, 0.15) is 35.4 Å². The van der Waals surface area contributed by atoms with E-state index >= 15 is 0 Å². The first-order chi connectivity index (χ1) is 13.4. The van der Waals surface area contributed by atoms with Crippen LogP contribution < -0.4 is 10.6 Å². The highest BCUT2D eigenvalue weighted by Gasteiger charge is 2.23. The molecular weight excluding hydrogens is 380 g/mol. The Balaban J connectivity index is 2.09. The fraction of sp³-hybridized carbons (Fsp3) is 0.316. The number of hydrogen-bond acceptors (Lipinski definition) is 6. The highest BCUT2D eigenvalue weighted by Crippen LogP contribution is 2.14. The maximum atomic E-state index is 12.7. The molecule has 1 heterocycles. The fourth-order valence-electron chi connectivity index (χ4n) is 2.53. The van der Waals surface area contributed by atoms with Gasteiger partial charge in [0.25, 0.3) is 11.6 Å². The second-order valence-corrected chi connectivity index (χ2v) is 7.09. The quantitative estimate of drug-likeness (QED) is 0.492. The van der Waals surface area contributed by atoms with Gasteiger partial charge in [0.15, 0.2) is 0 Å². The van der Waals surface area contributed by atoms with Gasteiger partial charge in [0.2, 0.25) is 5.91 Å². The van der Waals surface area contributed by atoms with Gasteiger partial charge in [-0.15, -0.1) is 0 Å². The van der Waals surface area contributed by atoms with E-state index in [4.69, 9.17) is 0 Å². The molecule has 1 aromatic carbocycles. The average molecular weight is 402 g/mol. The van der Waals surface area contributed by atoms with Gasteiger partial charge in [0, 0.05) is 23.9 Å². The summed E-state index contributed by atoms with van der Waals surface area (Å²) in [6.07, 6.45) is 3.99. The van der Waals surface area contributed by atoms with Crippen LogP contribution >= 0.6 is 11.8 Å². The lowest BCUT2D eigenvalue weighted by Crippen LogP contribution is -2.47. The zero-order chi connectivity index (χ0) is 20.5. The van der Waals surface area contributed by atoms with Gasteiger partial charge in [-0.2, -0.15) is 11.8 Å². The summed E-state index contributed by atoms with van der Waals surface area (Å²) < 4.78 is 0. The van der Waals surface area contributed by atoms with E-state index in [1.165, 1.54) is 24.3 Å². The van der Waals surface area contributed by atoms with Crippen molar-refractivity contribution in [2.24, 2.45) is 0 Å². The lowest BCUT2D eigenvalue weighted by molar-refractivity contribution is -0.384. The molecule has 0 saturated heterocycles. The molecule has 2 rings (SSSR count). The van der Waals surface area contributed by atoms with Crippen LogP contribution in [0.25, 0.3) is 0 Å². The van der Waals surface area contributed by atoms with Crippen molar-refractivity contribution in [3.63, 3.8) is 0 Å². The van der Waals surface area contributed by atoms with Crippen molar-refractivity contribution in [3.05, 3.63) is 70.0 Å². The Bertz CT molecular complexity index is 832. The summed E-state index contributed by atoms with van der Waals surface area (Å²) in [6, 6.07) is 9.77. The first kappa shape index (κ1) is 21.4. The molecule has 0 saturated carbocycles. The van der Waals surface area contributed by atoms with Crippen molar-refractivity contribution in [2.45, 2.75) is 25.4 Å². The number of nitrogens with zero attached hydrogens (tertiary/aromatic N) is 2. The predicted octanol–water partition coefficient (Wildman–Crippen LogP) is 2.72. The van der Waals surface area contributed by atoms with Gasteiger partial charge in [-0.1, -0.05) is 12.1 Å². The van der Waals surface area contributed by atoms with Crippen LogP contribution in [0.2, 0.25) is 0 Å². The number of pyridine rings is 1. The van der Waals surface area contributed by atoms with Crippen LogP contribution in [0.3, 0.4) is 0 Å². The number of non-ortho nitro benzene ring substituents is 1. The van der Waals surface area contributed by atoms with Gasteiger partial charge in [0.1, 0.15) is 6.04 Å². The van der Waals surface area contributed by atoms with Crippen molar-refractivity contribution >= 4 is 29.3 Å². The minimum absolute atomic E-state index is 0.133. The maximum absolute atomic E-state index is 12.7. The topological polar surface area (TPSA) is 114 Å². The van der Waals surface area contributed by atoms with E-state index < -0.39 is 16.9 Å². The number of nitro benzene ring substituents is 1. The second-order valence-electron chi connectivity index (χ2n) is 6.10. The maximum Gasteiger partial charge on any atom is 0.270 e. The molecule has 2 atom stereocenters. The van der Waals surface area contributed by atoms with Crippen LogP contribution in [0.5, 0.6) is 0 Å². The zero-order valence-electron chi connectivity index (χ0n) is 15.6. The molecule has 0 bridgehead atoms. The largest absolute Gasteiger partial charge is 0.346 e. The molecule has 0 spiro atoms. The Kier molecular flexibility index (Phi) is 7.94. The van der Waals surface area contributed by atoms with Crippen LogP contribution in [-0.4, -0.2) is 39.8 Å². The van der Waals surface area contributed by atoms with E-state index in [0.29, 0.717) is 17.9 Å². The molecule has 1 aromatic heterocycles. The summed E-state index contributed by atoms with van der Waals surface area (Å²) in [6.45, 7) is 1.81. The highest BCUT2D eigenvalue weighted by atomic mass is 32.2. The van der Waals surface area contributed by atoms with Crippen molar-refractivity contribution in [3.8, 4) is 0 Å². The first-order valence-corrected chi connectivity index (χ1v) is 10.1. The average Bonchev–Trinajstić information content (AvgIpc) is 2.71.